The summed E-state index contributed by atoms with van der Waals surface area (Å²) >= 11 is 0. The summed E-state index contributed by atoms with van der Waals surface area (Å²) in [6, 6.07) is 7.82. The fraction of sp³-hybridized carbons (Fsp3) is 0.417. The van der Waals surface area contributed by atoms with Crippen molar-refractivity contribution >= 4 is 11.8 Å². The predicted octanol–water partition coefficient (Wildman–Crippen LogP) is 2.60. The van der Waals surface area contributed by atoms with Crippen molar-refractivity contribution in [2.75, 3.05) is 13.1 Å². The van der Waals surface area contributed by atoms with Gasteiger partial charge in [0.1, 0.15) is 12.4 Å². The van der Waals surface area contributed by atoms with Crippen LogP contribution in [0.1, 0.15) is 58.8 Å². The molecule has 2 aromatic rings. The van der Waals surface area contributed by atoms with Crippen molar-refractivity contribution in [1.29, 1.82) is 0 Å². The molecule has 7 heteroatoms. The minimum atomic E-state index is -0.404. The summed E-state index contributed by atoms with van der Waals surface area (Å²) in [4.78, 5) is 37.8. The minimum Gasteiger partial charge on any atom is -0.329 e. The smallest absolute Gasteiger partial charge is 0.255 e. The summed E-state index contributed by atoms with van der Waals surface area (Å²) in [5.41, 5.74) is 4.88. The molecule has 2 amide bonds. The molecule has 5 rings (SSSR count). The number of fused-ring (bicyclic) bond motifs is 1. The number of amides is 2. The molecule has 31 heavy (non-hydrogen) atoms. The Balaban J connectivity index is 1.24. The third kappa shape index (κ3) is 3.97. The van der Waals surface area contributed by atoms with Gasteiger partial charge < -0.3 is 10.2 Å². The second-order valence-electron chi connectivity index (χ2n) is 8.75. The Labute approximate surface area is 182 Å². The van der Waals surface area contributed by atoms with Crippen LogP contribution in [0.15, 0.2) is 49.1 Å². The number of carbonyl (C=O) groups is 2. The van der Waals surface area contributed by atoms with Gasteiger partial charge in [0.05, 0.1) is 5.69 Å². The summed E-state index contributed by atoms with van der Waals surface area (Å²) in [6.45, 7) is 7.27. The van der Waals surface area contributed by atoms with Crippen LogP contribution >= 0.6 is 0 Å². The first-order chi connectivity index (χ1) is 15.1. The molecule has 3 aliphatic rings. The van der Waals surface area contributed by atoms with Gasteiger partial charge in [-0.25, -0.2) is 9.97 Å². The SMILES string of the molecule is C=C1CCC(N2Cc3cc(C4CCN(Cc5ccncn5)CC4)ccc3C2=O)C(=O)N1. The summed E-state index contributed by atoms with van der Waals surface area (Å²) in [6.07, 6.45) is 6.93. The van der Waals surface area contributed by atoms with E-state index in [9.17, 15) is 9.59 Å². The van der Waals surface area contributed by atoms with Crippen LogP contribution in [0.4, 0.5) is 0 Å². The van der Waals surface area contributed by atoms with Gasteiger partial charge in [-0.15, -0.1) is 0 Å². The number of carbonyl (C=O) groups excluding carboxylic acids is 2. The van der Waals surface area contributed by atoms with E-state index >= 15 is 0 Å². The van der Waals surface area contributed by atoms with E-state index in [1.165, 1.54) is 5.56 Å². The topological polar surface area (TPSA) is 78.4 Å². The molecule has 160 valence electrons. The predicted molar refractivity (Wildman–Crippen MR) is 116 cm³/mol. The van der Waals surface area contributed by atoms with Gasteiger partial charge >= 0.3 is 0 Å². The zero-order valence-electron chi connectivity index (χ0n) is 17.6. The van der Waals surface area contributed by atoms with Crippen molar-refractivity contribution in [1.82, 2.24) is 25.1 Å². The Kier molecular flexibility index (Phi) is 5.28. The van der Waals surface area contributed by atoms with Crippen LogP contribution in [-0.4, -0.2) is 50.7 Å². The average Bonchev–Trinajstić information content (AvgIpc) is 3.10. The van der Waals surface area contributed by atoms with Crippen LogP contribution in [0.5, 0.6) is 0 Å². The molecule has 3 aliphatic heterocycles. The van der Waals surface area contributed by atoms with Crippen molar-refractivity contribution < 1.29 is 9.59 Å². The number of likely N-dealkylation sites (tertiary alicyclic amines) is 1. The fourth-order valence-electron chi connectivity index (χ4n) is 4.99. The van der Waals surface area contributed by atoms with E-state index in [2.05, 4.69) is 38.9 Å². The first kappa shape index (κ1) is 19.9. The number of allylic oxidation sites excluding steroid dienone is 1. The highest BCUT2D eigenvalue weighted by atomic mass is 16.2. The van der Waals surface area contributed by atoms with E-state index in [4.69, 9.17) is 0 Å². The van der Waals surface area contributed by atoms with Crippen molar-refractivity contribution in [3.63, 3.8) is 0 Å². The maximum atomic E-state index is 12.9. The highest BCUT2D eigenvalue weighted by molar-refractivity contribution is 6.01. The van der Waals surface area contributed by atoms with E-state index in [1.54, 1.807) is 17.4 Å². The zero-order valence-corrected chi connectivity index (χ0v) is 17.6. The number of benzene rings is 1. The van der Waals surface area contributed by atoms with Crippen molar-refractivity contribution in [3.05, 3.63) is 71.4 Å². The molecule has 0 spiro atoms. The highest BCUT2D eigenvalue weighted by Crippen LogP contribution is 2.34. The molecular formula is C24H27N5O2. The summed E-state index contributed by atoms with van der Waals surface area (Å²) in [7, 11) is 0. The fourth-order valence-corrected chi connectivity index (χ4v) is 4.99. The van der Waals surface area contributed by atoms with Crippen LogP contribution in [0.2, 0.25) is 0 Å². The van der Waals surface area contributed by atoms with Crippen LogP contribution < -0.4 is 5.32 Å². The number of piperidine rings is 2. The number of nitrogens with one attached hydrogen (secondary N) is 1. The minimum absolute atomic E-state index is 0.0334. The second-order valence-corrected chi connectivity index (χ2v) is 8.75. The summed E-state index contributed by atoms with van der Waals surface area (Å²) in [5, 5.41) is 2.80. The van der Waals surface area contributed by atoms with Crippen LogP contribution in [0, 0.1) is 0 Å². The molecule has 1 atom stereocenters. The first-order valence-electron chi connectivity index (χ1n) is 11.0. The maximum Gasteiger partial charge on any atom is 0.255 e. The zero-order chi connectivity index (χ0) is 21.4. The third-order valence-corrected chi connectivity index (χ3v) is 6.75. The Morgan fingerprint density at radius 1 is 1.13 bits per heavy atom. The molecule has 0 aliphatic carbocycles. The Morgan fingerprint density at radius 3 is 2.71 bits per heavy atom. The largest absolute Gasteiger partial charge is 0.329 e. The third-order valence-electron chi connectivity index (χ3n) is 6.75. The van der Waals surface area contributed by atoms with Crippen molar-refractivity contribution in [2.45, 2.75) is 50.7 Å². The number of nitrogens with zero attached hydrogens (tertiary/aromatic N) is 4. The van der Waals surface area contributed by atoms with Crippen molar-refractivity contribution in [2.24, 2.45) is 0 Å². The van der Waals surface area contributed by atoms with Gasteiger partial charge in [-0.05, 0) is 68.0 Å². The van der Waals surface area contributed by atoms with E-state index < -0.39 is 6.04 Å². The van der Waals surface area contributed by atoms with Gasteiger partial charge in [0.25, 0.3) is 5.91 Å². The van der Waals surface area contributed by atoms with Crippen LogP contribution in [0.25, 0.3) is 0 Å². The van der Waals surface area contributed by atoms with Gasteiger partial charge in [-0.3, -0.25) is 14.5 Å². The number of rotatable bonds is 4. The molecule has 2 fully saturated rings. The molecule has 0 radical (unpaired) electrons. The number of hydrogen-bond acceptors (Lipinski definition) is 5. The standard InChI is InChI=1S/C24H27N5O2/c1-16-2-5-22(23(30)27-16)29-13-19-12-18(3-4-21(19)24(29)31)17-7-10-28(11-8-17)14-20-6-9-25-15-26-20/h3-4,6,9,12,15,17,22H,1-2,5,7-8,10-11,13-14H2,(H,27,30). The molecule has 0 bridgehead atoms. The lowest BCUT2D eigenvalue weighted by molar-refractivity contribution is -0.126. The van der Waals surface area contributed by atoms with Gasteiger partial charge in [-0.1, -0.05) is 18.7 Å². The molecule has 1 N–H and O–H groups in total. The molecule has 1 unspecified atom stereocenters. The lowest BCUT2D eigenvalue weighted by atomic mass is 9.88. The van der Waals surface area contributed by atoms with E-state index in [0.717, 1.165) is 61.4 Å². The summed E-state index contributed by atoms with van der Waals surface area (Å²) in [5.74, 6) is 0.347. The molecule has 1 aromatic heterocycles. The summed E-state index contributed by atoms with van der Waals surface area (Å²) < 4.78 is 0. The molecule has 4 heterocycles. The Bertz CT molecular complexity index is 1010. The molecular weight excluding hydrogens is 390 g/mol. The van der Waals surface area contributed by atoms with Crippen molar-refractivity contribution in [3.8, 4) is 0 Å². The first-order valence-corrected chi connectivity index (χ1v) is 11.0. The van der Waals surface area contributed by atoms with Crippen LogP contribution in [-0.2, 0) is 17.9 Å². The lowest BCUT2D eigenvalue weighted by Crippen LogP contribution is -2.49. The normalized spacial score (nSPS) is 22.5. The maximum absolute atomic E-state index is 12.9. The Hall–Kier alpha value is -3.06. The van der Waals surface area contributed by atoms with E-state index in [0.29, 0.717) is 18.9 Å². The van der Waals surface area contributed by atoms with Gasteiger partial charge in [0, 0.05) is 30.5 Å². The number of aromatic nitrogens is 2. The average molecular weight is 418 g/mol. The van der Waals surface area contributed by atoms with E-state index in [1.807, 2.05) is 12.1 Å². The molecule has 2 saturated heterocycles. The van der Waals surface area contributed by atoms with E-state index in [-0.39, 0.29) is 11.8 Å². The monoisotopic (exact) mass is 417 g/mol. The Morgan fingerprint density at radius 2 is 1.97 bits per heavy atom. The number of hydrogen-bond donors (Lipinski definition) is 1. The highest BCUT2D eigenvalue weighted by Gasteiger charge is 2.38. The second kappa shape index (κ2) is 8.23. The molecule has 7 nitrogen and oxygen atoms in total. The molecule has 1 aromatic carbocycles. The molecule has 0 saturated carbocycles. The van der Waals surface area contributed by atoms with Gasteiger partial charge in [0.2, 0.25) is 5.91 Å². The van der Waals surface area contributed by atoms with Gasteiger partial charge in [-0.2, -0.15) is 0 Å². The van der Waals surface area contributed by atoms with Gasteiger partial charge in [0.15, 0.2) is 0 Å². The lowest BCUT2D eigenvalue weighted by Gasteiger charge is -2.32. The van der Waals surface area contributed by atoms with Crippen LogP contribution in [0.3, 0.4) is 0 Å². The quantitative estimate of drug-likeness (QED) is 0.827.